The summed E-state index contributed by atoms with van der Waals surface area (Å²) in [5.41, 5.74) is -0.289. The standard InChI is InChI=1S/C14H12N2O5S/c15-22(20,21)12-8-4-3-7-11(12)16-13(17)9-5-1-2-6-10(9)14(18)19/h1-8H,(H,16,17)(H,18,19)(H2,15,20,21). The van der Waals surface area contributed by atoms with E-state index in [2.05, 4.69) is 5.32 Å². The van der Waals surface area contributed by atoms with Crippen LogP contribution in [-0.4, -0.2) is 25.4 Å². The highest BCUT2D eigenvalue weighted by molar-refractivity contribution is 7.89. The lowest BCUT2D eigenvalue weighted by Gasteiger charge is -2.10. The lowest BCUT2D eigenvalue weighted by atomic mass is 10.1. The number of sulfonamides is 1. The van der Waals surface area contributed by atoms with Crippen molar-refractivity contribution in [3.8, 4) is 0 Å². The molecule has 8 heteroatoms. The van der Waals surface area contributed by atoms with Crippen LogP contribution in [0.5, 0.6) is 0 Å². The molecular formula is C14H12N2O5S. The fourth-order valence-electron chi connectivity index (χ4n) is 1.88. The molecule has 114 valence electrons. The molecule has 0 unspecified atom stereocenters. The fourth-order valence-corrected chi connectivity index (χ4v) is 2.57. The van der Waals surface area contributed by atoms with Crippen molar-refractivity contribution in [3.63, 3.8) is 0 Å². The third-order valence-electron chi connectivity index (χ3n) is 2.84. The van der Waals surface area contributed by atoms with Crippen molar-refractivity contribution in [2.24, 2.45) is 5.14 Å². The first-order valence-electron chi connectivity index (χ1n) is 6.06. The van der Waals surface area contributed by atoms with Gasteiger partial charge >= 0.3 is 5.97 Å². The van der Waals surface area contributed by atoms with Crippen LogP contribution in [0.15, 0.2) is 53.4 Å². The monoisotopic (exact) mass is 320 g/mol. The number of hydrogen-bond donors (Lipinski definition) is 3. The number of carbonyl (C=O) groups is 2. The summed E-state index contributed by atoms with van der Waals surface area (Å²) in [6.45, 7) is 0. The number of hydrogen-bond acceptors (Lipinski definition) is 4. The molecule has 4 N–H and O–H groups in total. The van der Waals surface area contributed by atoms with E-state index < -0.39 is 21.9 Å². The third-order valence-corrected chi connectivity index (χ3v) is 3.81. The Morgan fingerprint density at radius 3 is 2.09 bits per heavy atom. The van der Waals surface area contributed by atoms with Crippen LogP contribution in [0.1, 0.15) is 20.7 Å². The number of primary sulfonamides is 1. The van der Waals surface area contributed by atoms with E-state index in [0.717, 1.165) is 0 Å². The third kappa shape index (κ3) is 3.30. The highest BCUT2D eigenvalue weighted by Crippen LogP contribution is 2.20. The number of carbonyl (C=O) groups excluding carboxylic acids is 1. The van der Waals surface area contributed by atoms with Crippen LogP contribution in [0.2, 0.25) is 0 Å². The minimum Gasteiger partial charge on any atom is -0.478 e. The summed E-state index contributed by atoms with van der Waals surface area (Å²) in [6, 6.07) is 11.2. The number of benzene rings is 2. The van der Waals surface area contributed by atoms with Gasteiger partial charge in [-0.3, -0.25) is 4.79 Å². The summed E-state index contributed by atoms with van der Waals surface area (Å²) in [4.78, 5) is 23.1. The van der Waals surface area contributed by atoms with Crippen LogP contribution in [-0.2, 0) is 10.0 Å². The predicted octanol–water partition coefficient (Wildman–Crippen LogP) is 1.28. The van der Waals surface area contributed by atoms with Crippen molar-refractivity contribution < 1.29 is 23.1 Å². The lowest BCUT2D eigenvalue weighted by molar-refractivity contribution is 0.0692. The summed E-state index contributed by atoms with van der Waals surface area (Å²) in [6.07, 6.45) is 0. The molecule has 0 atom stereocenters. The normalized spacial score (nSPS) is 11.0. The molecule has 7 nitrogen and oxygen atoms in total. The smallest absolute Gasteiger partial charge is 0.336 e. The quantitative estimate of drug-likeness (QED) is 0.782. The molecule has 0 aromatic heterocycles. The molecule has 1 amide bonds. The van der Waals surface area contributed by atoms with Gasteiger partial charge in [0.2, 0.25) is 10.0 Å². The zero-order chi connectivity index (χ0) is 16.3. The van der Waals surface area contributed by atoms with E-state index in [1.54, 1.807) is 0 Å². The Morgan fingerprint density at radius 2 is 1.50 bits per heavy atom. The van der Waals surface area contributed by atoms with Gasteiger partial charge in [-0.05, 0) is 24.3 Å². The summed E-state index contributed by atoms with van der Waals surface area (Å²) in [5.74, 6) is -2.00. The van der Waals surface area contributed by atoms with Gasteiger partial charge in [-0.15, -0.1) is 0 Å². The molecule has 2 rings (SSSR count). The number of carboxylic acid groups (broad SMARTS) is 1. The Labute approximate surface area is 126 Å². The molecular weight excluding hydrogens is 308 g/mol. The van der Waals surface area contributed by atoms with Crippen molar-refractivity contribution in [1.29, 1.82) is 0 Å². The van der Waals surface area contributed by atoms with Crippen LogP contribution >= 0.6 is 0 Å². The first-order chi connectivity index (χ1) is 10.3. The number of nitrogens with two attached hydrogens (primary N) is 1. The van der Waals surface area contributed by atoms with Crippen molar-refractivity contribution in [2.45, 2.75) is 4.90 Å². The van der Waals surface area contributed by atoms with E-state index in [-0.39, 0.29) is 21.7 Å². The molecule has 2 aromatic carbocycles. The summed E-state index contributed by atoms with van der Waals surface area (Å²) < 4.78 is 23.0. The van der Waals surface area contributed by atoms with Gasteiger partial charge in [0.15, 0.2) is 0 Å². The Morgan fingerprint density at radius 1 is 0.955 bits per heavy atom. The van der Waals surface area contributed by atoms with E-state index in [9.17, 15) is 18.0 Å². The Bertz CT molecular complexity index is 846. The number of amides is 1. The maximum atomic E-state index is 12.2. The number of anilines is 1. The van der Waals surface area contributed by atoms with Gasteiger partial charge in [-0.2, -0.15) is 0 Å². The second kappa shape index (κ2) is 5.96. The van der Waals surface area contributed by atoms with Gasteiger partial charge in [-0.25, -0.2) is 18.4 Å². The zero-order valence-electron chi connectivity index (χ0n) is 11.2. The van der Waals surface area contributed by atoms with Crippen molar-refractivity contribution >= 4 is 27.6 Å². The number of aromatic carboxylic acids is 1. The number of rotatable bonds is 4. The Hall–Kier alpha value is -2.71. The molecule has 0 saturated carbocycles. The second-order valence-electron chi connectivity index (χ2n) is 4.35. The maximum absolute atomic E-state index is 12.2. The van der Waals surface area contributed by atoms with Gasteiger partial charge in [0, 0.05) is 0 Å². The number of nitrogens with one attached hydrogen (secondary N) is 1. The minimum atomic E-state index is -4.02. The Kier molecular flexibility index (Phi) is 4.25. The maximum Gasteiger partial charge on any atom is 0.336 e. The van der Waals surface area contributed by atoms with Gasteiger partial charge in [0.25, 0.3) is 5.91 Å². The SMILES string of the molecule is NS(=O)(=O)c1ccccc1NC(=O)c1ccccc1C(=O)O. The molecule has 0 aliphatic rings. The van der Waals surface area contributed by atoms with Crippen molar-refractivity contribution in [3.05, 3.63) is 59.7 Å². The molecule has 0 heterocycles. The molecule has 2 aromatic rings. The van der Waals surface area contributed by atoms with Gasteiger partial charge < -0.3 is 10.4 Å². The predicted molar refractivity (Wildman–Crippen MR) is 79.2 cm³/mol. The van der Waals surface area contributed by atoms with Crippen molar-refractivity contribution in [2.75, 3.05) is 5.32 Å². The van der Waals surface area contributed by atoms with Crippen LogP contribution in [0.25, 0.3) is 0 Å². The van der Waals surface area contributed by atoms with Gasteiger partial charge in [0.1, 0.15) is 4.90 Å². The first kappa shape index (κ1) is 15.7. The van der Waals surface area contributed by atoms with E-state index in [1.807, 2.05) is 0 Å². The van der Waals surface area contributed by atoms with Gasteiger partial charge in [0.05, 0.1) is 16.8 Å². The molecule has 22 heavy (non-hydrogen) atoms. The second-order valence-corrected chi connectivity index (χ2v) is 5.88. The van der Waals surface area contributed by atoms with Crippen LogP contribution in [0.4, 0.5) is 5.69 Å². The topological polar surface area (TPSA) is 127 Å². The van der Waals surface area contributed by atoms with E-state index in [1.165, 1.54) is 48.5 Å². The number of carboxylic acids is 1. The number of para-hydroxylation sites is 1. The summed E-state index contributed by atoms with van der Waals surface area (Å²) in [7, 11) is -4.02. The Balaban J connectivity index is 2.42. The highest BCUT2D eigenvalue weighted by Gasteiger charge is 2.19. The molecule has 0 aliphatic heterocycles. The zero-order valence-corrected chi connectivity index (χ0v) is 12.0. The molecule has 0 spiro atoms. The van der Waals surface area contributed by atoms with Gasteiger partial charge in [-0.1, -0.05) is 24.3 Å². The fraction of sp³-hybridized carbons (Fsp3) is 0. The van der Waals surface area contributed by atoms with Crippen molar-refractivity contribution in [1.82, 2.24) is 0 Å². The lowest BCUT2D eigenvalue weighted by Crippen LogP contribution is -2.20. The molecule has 0 fully saturated rings. The highest BCUT2D eigenvalue weighted by atomic mass is 32.2. The van der Waals surface area contributed by atoms with E-state index >= 15 is 0 Å². The molecule has 0 aliphatic carbocycles. The van der Waals surface area contributed by atoms with E-state index in [4.69, 9.17) is 10.2 Å². The minimum absolute atomic E-state index is 0.0183. The molecule has 0 radical (unpaired) electrons. The first-order valence-corrected chi connectivity index (χ1v) is 7.61. The van der Waals surface area contributed by atoms with Crippen LogP contribution < -0.4 is 10.5 Å². The molecule has 0 bridgehead atoms. The summed E-state index contributed by atoms with van der Waals surface area (Å²) >= 11 is 0. The van der Waals surface area contributed by atoms with Crippen LogP contribution in [0.3, 0.4) is 0 Å². The average molecular weight is 320 g/mol. The van der Waals surface area contributed by atoms with E-state index in [0.29, 0.717) is 0 Å². The largest absolute Gasteiger partial charge is 0.478 e. The average Bonchev–Trinajstić information content (AvgIpc) is 2.46. The summed E-state index contributed by atoms with van der Waals surface area (Å²) in [5, 5.41) is 16.5. The van der Waals surface area contributed by atoms with Crippen LogP contribution in [0, 0.1) is 0 Å². The molecule has 0 saturated heterocycles.